The van der Waals surface area contributed by atoms with Gasteiger partial charge >= 0.3 is 0 Å². The van der Waals surface area contributed by atoms with Gasteiger partial charge in [-0.2, -0.15) is 5.26 Å². The number of carbonyl (C=O) groups excluding carboxylic acids is 1. The molecule has 1 aromatic heterocycles. The highest BCUT2D eigenvalue weighted by Crippen LogP contribution is 2.38. The van der Waals surface area contributed by atoms with Crippen LogP contribution in [0.1, 0.15) is 28.0 Å². The number of aryl methyl sites for hydroxylation is 1. The molecule has 1 aliphatic carbocycles. The van der Waals surface area contributed by atoms with E-state index >= 15 is 0 Å². The van der Waals surface area contributed by atoms with Crippen LogP contribution in [0.3, 0.4) is 0 Å². The van der Waals surface area contributed by atoms with Crippen molar-refractivity contribution >= 4 is 45.4 Å². The molecule has 0 fully saturated rings. The normalized spacial score (nSPS) is 14.0. The number of amides is 1. The second-order valence-electron chi connectivity index (χ2n) is 6.28. The monoisotopic (exact) mass is 394 g/mol. The average molecular weight is 395 g/mol. The van der Waals surface area contributed by atoms with Gasteiger partial charge in [-0.05, 0) is 37.0 Å². The summed E-state index contributed by atoms with van der Waals surface area (Å²) in [6, 6.07) is 7.74. The first-order chi connectivity index (χ1) is 12.0. The average Bonchev–Trinajstić information content (AvgIpc) is 3.11. The van der Waals surface area contributed by atoms with Gasteiger partial charge in [0.05, 0.1) is 22.7 Å². The summed E-state index contributed by atoms with van der Waals surface area (Å²) in [7, 11) is 1.95. The molecule has 7 heteroatoms. The zero-order valence-corrected chi connectivity index (χ0v) is 16.1. The van der Waals surface area contributed by atoms with Gasteiger partial charge in [-0.3, -0.25) is 4.79 Å². The number of fused-ring (bicyclic) bond motifs is 1. The van der Waals surface area contributed by atoms with E-state index in [2.05, 4.69) is 11.4 Å². The van der Waals surface area contributed by atoms with Crippen LogP contribution in [-0.4, -0.2) is 19.5 Å². The molecule has 1 aliphatic rings. The van der Waals surface area contributed by atoms with E-state index in [0.29, 0.717) is 33.7 Å². The van der Waals surface area contributed by atoms with E-state index in [1.807, 2.05) is 19.2 Å². The molecule has 0 bridgehead atoms. The Bertz CT molecular complexity index is 857. The van der Waals surface area contributed by atoms with E-state index in [0.717, 1.165) is 35.3 Å². The Kier molecular flexibility index (Phi) is 5.65. The van der Waals surface area contributed by atoms with Crippen LogP contribution in [0.25, 0.3) is 0 Å². The molecule has 1 heterocycles. The fourth-order valence-corrected chi connectivity index (χ4v) is 4.69. The molecule has 25 heavy (non-hydrogen) atoms. The molecular formula is C18H18Cl2N3OS+. The first-order valence-electron chi connectivity index (χ1n) is 8.07. The zero-order valence-electron chi connectivity index (χ0n) is 13.8. The van der Waals surface area contributed by atoms with Crippen LogP contribution in [0.4, 0.5) is 5.00 Å². The first-order valence-corrected chi connectivity index (χ1v) is 9.65. The smallest absolute Gasteiger partial charge is 0.280 e. The number of nitrogens with one attached hydrogen (secondary N) is 2. The molecule has 4 nitrogen and oxygen atoms in total. The molecule has 1 atom stereocenters. The van der Waals surface area contributed by atoms with Crippen molar-refractivity contribution in [3.05, 3.63) is 49.8 Å². The summed E-state index contributed by atoms with van der Waals surface area (Å²) in [5.41, 5.74) is 2.79. The van der Waals surface area contributed by atoms with Gasteiger partial charge in [0, 0.05) is 10.4 Å². The summed E-state index contributed by atoms with van der Waals surface area (Å²) in [4.78, 5) is 14.6. The molecule has 2 aromatic rings. The predicted octanol–water partition coefficient (Wildman–Crippen LogP) is 3.07. The van der Waals surface area contributed by atoms with Crippen molar-refractivity contribution in [2.45, 2.75) is 25.8 Å². The number of likely N-dealkylation sites (N-methyl/N-ethyl adjacent to an activating group) is 1. The Morgan fingerprint density at radius 3 is 2.88 bits per heavy atom. The summed E-state index contributed by atoms with van der Waals surface area (Å²) in [5.74, 6) is -0.0889. The molecule has 0 aliphatic heterocycles. The van der Waals surface area contributed by atoms with Crippen molar-refractivity contribution in [2.75, 3.05) is 18.9 Å². The Labute approximate surface area is 161 Å². The quantitative estimate of drug-likeness (QED) is 0.818. The third kappa shape index (κ3) is 4.16. The largest absolute Gasteiger partial charge is 0.326 e. The van der Waals surface area contributed by atoms with Crippen LogP contribution in [0.2, 0.25) is 10.0 Å². The standard InChI is InChI=1S/C18H17Cl2N3OS/c1-23(9-11-5-6-14(19)15(20)7-11)10-17(24)22-18-13(8-21)12-3-2-4-16(12)25-18/h5-7H,2-4,9-10H2,1H3,(H,22,24)/p+1. The van der Waals surface area contributed by atoms with E-state index in [-0.39, 0.29) is 5.91 Å². The lowest BCUT2D eigenvalue weighted by Crippen LogP contribution is -3.08. The Morgan fingerprint density at radius 1 is 1.36 bits per heavy atom. The zero-order chi connectivity index (χ0) is 18.0. The van der Waals surface area contributed by atoms with Crippen molar-refractivity contribution in [1.82, 2.24) is 0 Å². The van der Waals surface area contributed by atoms with Crippen LogP contribution in [-0.2, 0) is 24.2 Å². The molecule has 0 radical (unpaired) electrons. The van der Waals surface area contributed by atoms with E-state index in [1.165, 1.54) is 4.88 Å². The summed E-state index contributed by atoms with van der Waals surface area (Å²) in [6.07, 6.45) is 3.04. The number of hydrogen-bond acceptors (Lipinski definition) is 3. The number of quaternary nitrogens is 1. The highest BCUT2D eigenvalue weighted by atomic mass is 35.5. The number of thiophene rings is 1. The minimum absolute atomic E-state index is 0.0889. The lowest BCUT2D eigenvalue weighted by atomic mass is 10.1. The lowest BCUT2D eigenvalue weighted by molar-refractivity contribution is -0.885. The molecule has 1 amide bonds. The SMILES string of the molecule is C[NH+](CC(=O)Nc1sc2c(c1C#N)CCC2)Cc1ccc(Cl)c(Cl)c1. The van der Waals surface area contributed by atoms with E-state index < -0.39 is 0 Å². The van der Waals surface area contributed by atoms with Gasteiger partial charge in [-0.1, -0.05) is 29.3 Å². The van der Waals surface area contributed by atoms with Crippen molar-refractivity contribution < 1.29 is 9.69 Å². The molecule has 1 unspecified atom stereocenters. The number of nitrogens with zero attached hydrogens (tertiary/aromatic N) is 1. The first kappa shape index (κ1) is 18.2. The number of benzene rings is 1. The van der Waals surface area contributed by atoms with Crippen molar-refractivity contribution in [3.63, 3.8) is 0 Å². The van der Waals surface area contributed by atoms with Gasteiger partial charge in [0.1, 0.15) is 17.6 Å². The van der Waals surface area contributed by atoms with Crippen LogP contribution in [0.15, 0.2) is 18.2 Å². The summed E-state index contributed by atoms with van der Waals surface area (Å²) >= 11 is 13.5. The van der Waals surface area contributed by atoms with Crippen molar-refractivity contribution in [3.8, 4) is 6.07 Å². The van der Waals surface area contributed by atoms with Crippen LogP contribution in [0, 0.1) is 11.3 Å². The summed E-state index contributed by atoms with van der Waals surface area (Å²) in [6.45, 7) is 0.976. The fourth-order valence-electron chi connectivity index (χ4n) is 3.12. The number of anilines is 1. The minimum Gasteiger partial charge on any atom is -0.326 e. The number of halogens is 2. The van der Waals surface area contributed by atoms with E-state index in [1.54, 1.807) is 17.4 Å². The summed E-state index contributed by atoms with van der Waals surface area (Å²) < 4.78 is 0. The number of nitriles is 1. The van der Waals surface area contributed by atoms with Gasteiger partial charge in [-0.25, -0.2) is 0 Å². The van der Waals surface area contributed by atoms with Gasteiger partial charge in [0.25, 0.3) is 5.91 Å². The van der Waals surface area contributed by atoms with Gasteiger partial charge < -0.3 is 10.2 Å². The van der Waals surface area contributed by atoms with E-state index in [4.69, 9.17) is 23.2 Å². The van der Waals surface area contributed by atoms with Crippen molar-refractivity contribution in [1.29, 1.82) is 5.26 Å². The van der Waals surface area contributed by atoms with Crippen LogP contribution in [0.5, 0.6) is 0 Å². The van der Waals surface area contributed by atoms with Gasteiger partial charge in [-0.15, -0.1) is 11.3 Å². The minimum atomic E-state index is -0.0889. The third-order valence-electron chi connectivity index (χ3n) is 4.24. The molecule has 0 saturated carbocycles. The lowest BCUT2D eigenvalue weighted by Gasteiger charge is -2.14. The molecule has 0 saturated heterocycles. The van der Waals surface area contributed by atoms with Crippen LogP contribution < -0.4 is 10.2 Å². The number of hydrogen-bond donors (Lipinski definition) is 2. The maximum absolute atomic E-state index is 12.3. The molecule has 1 aromatic carbocycles. The summed E-state index contributed by atoms with van der Waals surface area (Å²) in [5, 5.41) is 14.0. The fraction of sp³-hybridized carbons (Fsp3) is 0.333. The predicted molar refractivity (Wildman–Crippen MR) is 102 cm³/mol. The van der Waals surface area contributed by atoms with Crippen LogP contribution >= 0.6 is 34.5 Å². The highest BCUT2D eigenvalue weighted by Gasteiger charge is 2.23. The van der Waals surface area contributed by atoms with Crippen molar-refractivity contribution in [2.24, 2.45) is 0 Å². The highest BCUT2D eigenvalue weighted by molar-refractivity contribution is 7.16. The Hall–Kier alpha value is -1.58. The maximum Gasteiger partial charge on any atom is 0.280 e. The molecular weight excluding hydrogens is 377 g/mol. The molecule has 0 spiro atoms. The Balaban J connectivity index is 1.61. The number of carbonyl (C=O) groups is 1. The maximum atomic E-state index is 12.3. The second-order valence-corrected chi connectivity index (χ2v) is 8.20. The van der Waals surface area contributed by atoms with Gasteiger partial charge in [0.2, 0.25) is 0 Å². The topological polar surface area (TPSA) is 57.3 Å². The van der Waals surface area contributed by atoms with Gasteiger partial charge in [0.15, 0.2) is 6.54 Å². The third-order valence-corrected chi connectivity index (χ3v) is 6.18. The number of rotatable bonds is 5. The second kappa shape index (κ2) is 7.76. The molecule has 3 rings (SSSR count). The van der Waals surface area contributed by atoms with E-state index in [9.17, 15) is 10.1 Å². The molecule has 130 valence electrons. The Morgan fingerprint density at radius 2 is 2.16 bits per heavy atom. The molecule has 2 N–H and O–H groups in total.